The Hall–Kier alpha value is -2.70. The molecule has 0 amide bonds. The van der Waals surface area contributed by atoms with E-state index in [0.29, 0.717) is 12.5 Å². The van der Waals surface area contributed by atoms with E-state index in [-0.39, 0.29) is 11.6 Å². The van der Waals surface area contributed by atoms with Crippen molar-refractivity contribution < 1.29 is 0 Å². The summed E-state index contributed by atoms with van der Waals surface area (Å²) in [6.07, 6.45) is 9.94. The van der Waals surface area contributed by atoms with Gasteiger partial charge in [-0.3, -0.25) is 14.0 Å². The Labute approximate surface area is 145 Å². The maximum absolute atomic E-state index is 12.6. The lowest BCUT2D eigenvalue weighted by Gasteiger charge is -2.17. The van der Waals surface area contributed by atoms with Gasteiger partial charge in [0.05, 0.1) is 6.54 Å². The Morgan fingerprint density at radius 3 is 2.92 bits per heavy atom. The topological polar surface area (TPSA) is 77.6 Å². The van der Waals surface area contributed by atoms with Crippen LogP contribution in [0.5, 0.6) is 0 Å². The highest BCUT2D eigenvalue weighted by Crippen LogP contribution is 2.30. The van der Waals surface area contributed by atoms with Crippen LogP contribution in [0.25, 0.3) is 11.0 Å². The summed E-state index contributed by atoms with van der Waals surface area (Å²) < 4.78 is 3.72. The van der Waals surface area contributed by atoms with E-state index in [1.807, 2.05) is 34.6 Å². The fraction of sp³-hybridized carbons (Fsp3) is 0.444. The maximum Gasteiger partial charge on any atom is 0.252 e. The van der Waals surface area contributed by atoms with Gasteiger partial charge in [-0.15, -0.1) is 0 Å². The van der Waals surface area contributed by atoms with Gasteiger partial charge >= 0.3 is 0 Å². The van der Waals surface area contributed by atoms with Crippen LogP contribution in [0.1, 0.15) is 37.3 Å². The highest BCUT2D eigenvalue weighted by Gasteiger charge is 2.21. The molecule has 7 nitrogen and oxygen atoms in total. The molecule has 0 spiro atoms. The number of aromatic nitrogens is 5. The first-order valence-corrected chi connectivity index (χ1v) is 8.82. The summed E-state index contributed by atoms with van der Waals surface area (Å²) in [6, 6.07) is 3.85. The van der Waals surface area contributed by atoms with Gasteiger partial charge in [-0.05, 0) is 31.4 Å². The number of nitrogens with zero attached hydrogens (tertiary/aromatic N) is 5. The molecule has 1 fully saturated rings. The van der Waals surface area contributed by atoms with Crippen molar-refractivity contribution in [2.45, 2.75) is 45.2 Å². The van der Waals surface area contributed by atoms with Gasteiger partial charge in [0.1, 0.15) is 5.65 Å². The molecule has 0 bridgehead atoms. The van der Waals surface area contributed by atoms with Crippen LogP contribution in [-0.2, 0) is 6.54 Å². The Bertz CT molecular complexity index is 925. The summed E-state index contributed by atoms with van der Waals surface area (Å²) in [4.78, 5) is 21.7. The fourth-order valence-corrected chi connectivity index (χ4v) is 3.59. The molecule has 25 heavy (non-hydrogen) atoms. The third kappa shape index (κ3) is 3.14. The average Bonchev–Trinajstić information content (AvgIpc) is 3.28. The molecule has 0 saturated heterocycles. The zero-order chi connectivity index (χ0) is 17.2. The molecule has 3 aromatic heterocycles. The number of pyridine rings is 1. The molecule has 0 aliphatic heterocycles. The molecule has 1 aliphatic rings. The fourth-order valence-electron chi connectivity index (χ4n) is 3.59. The SMILES string of the molecule is Cc1cc(=O)n(C2CCCC2)c2nc(NCCn3cccn3)ncc12. The van der Waals surface area contributed by atoms with E-state index in [4.69, 9.17) is 0 Å². The van der Waals surface area contributed by atoms with Crippen molar-refractivity contribution in [2.24, 2.45) is 0 Å². The summed E-state index contributed by atoms with van der Waals surface area (Å²) in [7, 11) is 0. The third-order valence-corrected chi connectivity index (χ3v) is 4.87. The lowest BCUT2D eigenvalue weighted by Crippen LogP contribution is -2.25. The van der Waals surface area contributed by atoms with Crippen LogP contribution in [0, 0.1) is 6.92 Å². The molecule has 0 atom stereocenters. The monoisotopic (exact) mass is 338 g/mol. The van der Waals surface area contributed by atoms with E-state index in [1.165, 1.54) is 12.8 Å². The van der Waals surface area contributed by atoms with Gasteiger partial charge in [-0.25, -0.2) is 4.98 Å². The quantitative estimate of drug-likeness (QED) is 0.773. The Balaban J connectivity index is 1.65. The summed E-state index contributed by atoms with van der Waals surface area (Å²) in [5.74, 6) is 0.552. The van der Waals surface area contributed by atoms with Crippen LogP contribution in [0.3, 0.4) is 0 Å². The minimum atomic E-state index is 0.0399. The van der Waals surface area contributed by atoms with Crippen molar-refractivity contribution in [3.63, 3.8) is 0 Å². The summed E-state index contributed by atoms with van der Waals surface area (Å²) >= 11 is 0. The van der Waals surface area contributed by atoms with Crippen LogP contribution < -0.4 is 10.9 Å². The Morgan fingerprint density at radius 1 is 1.32 bits per heavy atom. The molecule has 130 valence electrons. The number of nitrogens with one attached hydrogen (secondary N) is 1. The summed E-state index contributed by atoms with van der Waals surface area (Å²) in [5.41, 5.74) is 1.71. The molecule has 0 aromatic carbocycles. The molecule has 7 heteroatoms. The zero-order valence-corrected chi connectivity index (χ0v) is 14.4. The molecule has 0 unspecified atom stereocenters. The van der Waals surface area contributed by atoms with Crippen molar-refractivity contribution in [3.8, 4) is 0 Å². The highest BCUT2D eigenvalue weighted by molar-refractivity contribution is 5.79. The van der Waals surface area contributed by atoms with Gasteiger partial charge < -0.3 is 5.32 Å². The predicted octanol–water partition coefficient (Wildman–Crippen LogP) is 2.52. The maximum atomic E-state index is 12.6. The second-order valence-corrected chi connectivity index (χ2v) is 6.60. The van der Waals surface area contributed by atoms with E-state index in [1.54, 1.807) is 12.3 Å². The number of anilines is 1. The first-order valence-electron chi connectivity index (χ1n) is 8.82. The van der Waals surface area contributed by atoms with E-state index in [9.17, 15) is 4.79 Å². The molecule has 1 aliphatic carbocycles. The van der Waals surface area contributed by atoms with Gasteiger partial charge in [0.2, 0.25) is 5.95 Å². The minimum absolute atomic E-state index is 0.0399. The highest BCUT2D eigenvalue weighted by atomic mass is 16.1. The van der Waals surface area contributed by atoms with Gasteiger partial charge in [-0.2, -0.15) is 10.1 Å². The minimum Gasteiger partial charge on any atom is -0.352 e. The van der Waals surface area contributed by atoms with Gasteiger partial charge in [0, 0.05) is 42.6 Å². The van der Waals surface area contributed by atoms with Crippen LogP contribution in [0.4, 0.5) is 5.95 Å². The zero-order valence-electron chi connectivity index (χ0n) is 14.4. The lowest BCUT2D eigenvalue weighted by atomic mass is 10.1. The first kappa shape index (κ1) is 15.8. The average molecular weight is 338 g/mol. The summed E-state index contributed by atoms with van der Waals surface area (Å²) in [5, 5.41) is 8.36. The molecule has 1 N–H and O–H groups in total. The second-order valence-electron chi connectivity index (χ2n) is 6.60. The third-order valence-electron chi connectivity index (χ3n) is 4.87. The lowest BCUT2D eigenvalue weighted by molar-refractivity contribution is 0.515. The van der Waals surface area contributed by atoms with E-state index < -0.39 is 0 Å². The van der Waals surface area contributed by atoms with Crippen molar-refractivity contribution in [1.29, 1.82) is 0 Å². The smallest absolute Gasteiger partial charge is 0.252 e. The van der Waals surface area contributed by atoms with E-state index in [0.717, 1.165) is 36.0 Å². The van der Waals surface area contributed by atoms with Crippen molar-refractivity contribution >= 4 is 17.0 Å². The van der Waals surface area contributed by atoms with Gasteiger partial charge in [-0.1, -0.05) is 12.8 Å². The van der Waals surface area contributed by atoms with E-state index in [2.05, 4.69) is 20.4 Å². The van der Waals surface area contributed by atoms with Crippen LogP contribution in [0.15, 0.2) is 35.5 Å². The second kappa shape index (κ2) is 6.66. The molecule has 3 heterocycles. The molecular weight excluding hydrogens is 316 g/mol. The standard InChI is InChI=1S/C18H22N6O/c1-13-11-16(25)24(14-5-2-3-6-14)17-15(13)12-20-18(22-17)19-8-10-23-9-4-7-21-23/h4,7,9,11-12,14H,2-3,5-6,8,10H2,1H3,(H,19,20,22). The van der Waals surface area contributed by atoms with Crippen LogP contribution >= 0.6 is 0 Å². The Kier molecular flexibility index (Phi) is 4.21. The Morgan fingerprint density at radius 2 is 2.16 bits per heavy atom. The van der Waals surface area contributed by atoms with Crippen molar-refractivity contribution in [1.82, 2.24) is 24.3 Å². The summed E-state index contributed by atoms with van der Waals surface area (Å²) in [6.45, 7) is 3.35. The van der Waals surface area contributed by atoms with Gasteiger partial charge in [0.25, 0.3) is 5.56 Å². The molecule has 3 aromatic rings. The van der Waals surface area contributed by atoms with Crippen LogP contribution in [-0.4, -0.2) is 30.9 Å². The van der Waals surface area contributed by atoms with E-state index >= 15 is 0 Å². The largest absolute Gasteiger partial charge is 0.352 e. The molecule has 1 saturated carbocycles. The van der Waals surface area contributed by atoms with Gasteiger partial charge in [0.15, 0.2) is 0 Å². The van der Waals surface area contributed by atoms with Crippen molar-refractivity contribution in [3.05, 3.63) is 46.6 Å². The molecular formula is C18H22N6O. The number of hydrogen-bond acceptors (Lipinski definition) is 5. The first-order chi connectivity index (χ1) is 12.2. The van der Waals surface area contributed by atoms with Crippen molar-refractivity contribution in [2.75, 3.05) is 11.9 Å². The van der Waals surface area contributed by atoms with Crippen LogP contribution in [0.2, 0.25) is 0 Å². The number of aryl methyl sites for hydroxylation is 1. The number of hydrogen-bond donors (Lipinski definition) is 1. The number of fused-ring (bicyclic) bond motifs is 1. The number of rotatable bonds is 5. The molecule has 4 rings (SSSR count). The molecule has 0 radical (unpaired) electrons. The predicted molar refractivity (Wildman–Crippen MR) is 96.8 cm³/mol. The normalized spacial score (nSPS) is 15.1.